The molecule has 1 aliphatic carbocycles. The Labute approximate surface area is 114 Å². The van der Waals surface area contributed by atoms with Gasteiger partial charge in [0.05, 0.1) is 5.60 Å². The van der Waals surface area contributed by atoms with E-state index in [2.05, 4.69) is 5.32 Å². The zero-order valence-corrected chi connectivity index (χ0v) is 12.3. The van der Waals surface area contributed by atoms with E-state index in [1.54, 1.807) is 12.0 Å². The van der Waals surface area contributed by atoms with E-state index < -0.39 is 11.1 Å². The van der Waals surface area contributed by atoms with E-state index in [4.69, 9.17) is 4.74 Å². The summed E-state index contributed by atoms with van der Waals surface area (Å²) in [5, 5.41) is 2.93. The van der Waals surface area contributed by atoms with Crippen LogP contribution in [0.5, 0.6) is 0 Å². The number of rotatable bonds is 4. The van der Waals surface area contributed by atoms with Crippen molar-refractivity contribution in [3.8, 4) is 0 Å². The maximum absolute atomic E-state index is 12.7. The second-order valence-electron chi connectivity index (χ2n) is 6.47. The fourth-order valence-electron chi connectivity index (χ4n) is 2.68. The Morgan fingerprint density at radius 3 is 2.58 bits per heavy atom. The summed E-state index contributed by atoms with van der Waals surface area (Å²) in [5.74, 6) is 0.293. The molecule has 1 atom stereocenters. The number of nitrogens with one attached hydrogen (secondary N) is 1. The highest BCUT2D eigenvalue weighted by atomic mass is 16.5. The molecule has 2 aliphatic rings. The number of ether oxygens (including phenoxy) is 1. The molecule has 19 heavy (non-hydrogen) atoms. The lowest BCUT2D eigenvalue weighted by Crippen LogP contribution is -2.58. The van der Waals surface area contributed by atoms with Gasteiger partial charge in [-0.1, -0.05) is 0 Å². The molecule has 1 unspecified atom stereocenters. The first-order valence-electron chi connectivity index (χ1n) is 6.94. The van der Waals surface area contributed by atoms with E-state index >= 15 is 0 Å². The van der Waals surface area contributed by atoms with Crippen LogP contribution in [-0.4, -0.2) is 48.1 Å². The highest BCUT2D eigenvalue weighted by Crippen LogP contribution is 2.41. The Hall–Kier alpha value is -1.10. The molecule has 5 heteroatoms. The number of methoxy groups -OCH3 is 1. The highest BCUT2D eigenvalue weighted by Gasteiger charge is 2.51. The Morgan fingerprint density at radius 2 is 2.05 bits per heavy atom. The summed E-state index contributed by atoms with van der Waals surface area (Å²) in [7, 11) is 1.64. The van der Waals surface area contributed by atoms with E-state index in [1.807, 2.05) is 20.8 Å². The number of carbonyl (C=O) groups excluding carboxylic acids is 2. The molecule has 1 N–H and O–H groups in total. The minimum absolute atomic E-state index is 0.0273. The smallest absolute Gasteiger partial charge is 0.248 e. The summed E-state index contributed by atoms with van der Waals surface area (Å²) in [6, 6.07) is 0. The van der Waals surface area contributed by atoms with E-state index in [0.717, 1.165) is 12.8 Å². The Bertz CT molecular complexity index is 390. The van der Waals surface area contributed by atoms with Gasteiger partial charge in [-0.05, 0) is 39.5 Å². The molecule has 0 aromatic heterocycles. The SMILES string of the molecule is COC(C)(C)CN1CCC(=O)NC(C)(C2CC2)C1=O. The first kappa shape index (κ1) is 14.3. The van der Waals surface area contributed by atoms with E-state index in [0.29, 0.717) is 19.5 Å². The van der Waals surface area contributed by atoms with Crippen molar-refractivity contribution in [3.05, 3.63) is 0 Å². The maximum Gasteiger partial charge on any atom is 0.248 e. The summed E-state index contributed by atoms with van der Waals surface area (Å²) in [6.45, 7) is 6.76. The van der Waals surface area contributed by atoms with E-state index in [1.165, 1.54) is 0 Å². The number of amides is 2. The summed E-state index contributed by atoms with van der Waals surface area (Å²) in [6.07, 6.45) is 2.40. The lowest BCUT2D eigenvalue weighted by atomic mass is 9.93. The molecule has 0 bridgehead atoms. The standard InChI is InChI=1S/C14H24N2O3/c1-13(2,19-4)9-16-8-7-11(17)15-14(3,12(16)18)10-5-6-10/h10H,5-9H2,1-4H3,(H,15,17). The predicted molar refractivity (Wildman–Crippen MR) is 71.6 cm³/mol. The molecule has 2 fully saturated rings. The van der Waals surface area contributed by atoms with Gasteiger partial charge in [0.15, 0.2) is 0 Å². The molecule has 1 aliphatic heterocycles. The minimum Gasteiger partial charge on any atom is -0.377 e. The van der Waals surface area contributed by atoms with Crippen LogP contribution in [0.4, 0.5) is 0 Å². The number of carbonyl (C=O) groups is 2. The third-order valence-electron chi connectivity index (χ3n) is 4.26. The van der Waals surface area contributed by atoms with Crippen LogP contribution < -0.4 is 5.32 Å². The molecule has 5 nitrogen and oxygen atoms in total. The molecule has 1 saturated heterocycles. The highest BCUT2D eigenvalue weighted by molar-refractivity contribution is 5.93. The van der Waals surface area contributed by atoms with Gasteiger partial charge in [-0.25, -0.2) is 0 Å². The van der Waals surface area contributed by atoms with Crippen LogP contribution >= 0.6 is 0 Å². The molecule has 2 rings (SSSR count). The number of hydrogen-bond donors (Lipinski definition) is 1. The van der Waals surface area contributed by atoms with Crippen molar-refractivity contribution in [2.45, 2.75) is 51.2 Å². The van der Waals surface area contributed by atoms with Gasteiger partial charge in [-0.2, -0.15) is 0 Å². The fourth-order valence-corrected chi connectivity index (χ4v) is 2.68. The third kappa shape index (κ3) is 2.91. The third-order valence-corrected chi connectivity index (χ3v) is 4.26. The molecule has 0 aromatic rings. The van der Waals surface area contributed by atoms with Crippen LogP contribution in [0.3, 0.4) is 0 Å². The summed E-state index contributed by atoms with van der Waals surface area (Å²) < 4.78 is 5.40. The first-order valence-corrected chi connectivity index (χ1v) is 6.94. The molecule has 0 radical (unpaired) electrons. The average molecular weight is 268 g/mol. The van der Waals surface area contributed by atoms with Crippen molar-refractivity contribution in [1.29, 1.82) is 0 Å². The van der Waals surface area contributed by atoms with Crippen molar-refractivity contribution in [2.75, 3.05) is 20.2 Å². The average Bonchev–Trinajstić information content (AvgIpc) is 3.17. The van der Waals surface area contributed by atoms with Crippen LogP contribution in [0, 0.1) is 5.92 Å². The molecule has 1 heterocycles. The van der Waals surface area contributed by atoms with Crippen LogP contribution in [0.15, 0.2) is 0 Å². The van der Waals surface area contributed by atoms with Crippen LogP contribution in [0.1, 0.15) is 40.0 Å². The van der Waals surface area contributed by atoms with Gasteiger partial charge < -0.3 is 15.0 Å². The minimum atomic E-state index is -0.725. The normalized spacial score (nSPS) is 29.2. The van der Waals surface area contributed by atoms with Gasteiger partial charge in [0, 0.05) is 26.6 Å². The Kier molecular flexibility index (Phi) is 3.60. The summed E-state index contributed by atoms with van der Waals surface area (Å²) >= 11 is 0. The van der Waals surface area contributed by atoms with Crippen LogP contribution in [-0.2, 0) is 14.3 Å². The quantitative estimate of drug-likeness (QED) is 0.825. The van der Waals surface area contributed by atoms with E-state index in [9.17, 15) is 9.59 Å². The van der Waals surface area contributed by atoms with E-state index in [-0.39, 0.29) is 17.7 Å². The molecule has 0 aromatic carbocycles. The number of hydrogen-bond acceptors (Lipinski definition) is 3. The van der Waals surface area contributed by atoms with Crippen molar-refractivity contribution in [3.63, 3.8) is 0 Å². The van der Waals surface area contributed by atoms with Crippen molar-refractivity contribution < 1.29 is 14.3 Å². The van der Waals surface area contributed by atoms with Crippen LogP contribution in [0.2, 0.25) is 0 Å². The van der Waals surface area contributed by atoms with Crippen molar-refractivity contribution >= 4 is 11.8 Å². The van der Waals surface area contributed by atoms with Crippen molar-refractivity contribution in [2.24, 2.45) is 5.92 Å². The molecule has 0 spiro atoms. The number of nitrogens with zero attached hydrogens (tertiary/aromatic N) is 1. The second-order valence-corrected chi connectivity index (χ2v) is 6.47. The summed E-state index contributed by atoms with van der Waals surface area (Å²) in [4.78, 5) is 26.4. The van der Waals surface area contributed by atoms with Gasteiger partial charge in [0.25, 0.3) is 0 Å². The zero-order chi connectivity index (χ0) is 14.3. The molecule has 108 valence electrons. The largest absolute Gasteiger partial charge is 0.377 e. The Balaban J connectivity index is 2.19. The van der Waals surface area contributed by atoms with Gasteiger partial charge in [-0.3, -0.25) is 9.59 Å². The fraction of sp³-hybridized carbons (Fsp3) is 0.857. The monoisotopic (exact) mass is 268 g/mol. The van der Waals surface area contributed by atoms with Crippen molar-refractivity contribution in [1.82, 2.24) is 10.2 Å². The Morgan fingerprint density at radius 1 is 1.42 bits per heavy atom. The first-order chi connectivity index (χ1) is 8.78. The van der Waals surface area contributed by atoms with Gasteiger partial charge in [0.1, 0.15) is 5.54 Å². The van der Waals surface area contributed by atoms with Gasteiger partial charge in [0.2, 0.25) is 11.8 Å². The van der Waals surface area contributed by atoms with Crippen LogP contribution in [0.25, 0.3) is 0 Å². The predicted octanol–water partition coefficient (Wildman–Crippen LogP) is 0.929. The second kappa shape index (κ2) is 4.78. The zero-order valence-electron chi connectivity index (χ0n) is 12.3. The lowest BCUT2D eigenvalue weighted by Gasteiger charge is -2.36. The maximum atomic E-state index is 12.7. The van der Waals surface area contributed by atoms with Gasteiger partial charge in [-0.15, -0.1) is 0 Å². The topological polar surface area (TPSA) is 58.6 Å². The molecule has 2 amide bonds. The molecular weight excluding hydrogens is 244 g/mol. The summed E-state index contributed by atoms with van der Waals surface area (Å²) in [5.41, 5.74) is -1.12. The van der Waals surface area contributed by atoms with Gasteiger partial charge >= 0.3 is 0 Å². The lowest BCUT2D eigenvalue weighted by molar-refractivity contribution is -0.142. The molecule has 1 saturated carbocycles. The molecular formula is C14H24N2O3.